The van der Waals surface area contributed by atoms with Gasteiger partial charge >= 0.3 is 18.1 Å². The largest absolute Gasteiger partial charge is 0.479 e. The highest BCUT2D eigenvalue weighted by atomic mass is 35.5. The molecule has 15 heteroatoms. The number of carboxylic acids is 2. The molecule has 1 unspecified atom stereocenters. The van der Waals surface area contributed by atoms with Crippen molar-refractivity contribution < 1.29 is 51.6 Å². The maximum atomic E-state index is 12.6. The number of alkyl halides is 3. The molecule has 222 valence electrons. The van der Waals surface area contributed by atoms with Crippen LogP contribution in [0, 0.1) is 0 Å². The van der Waals surface area contributed by atoms with E-state index in [2.05, 4.69) is 10.6 Å². The monoisotopic (exact) mass is 610 g/mol. The number of anilines is 1. The first-order chi connectivity index (χ1) is 18.5. The van der Waals surface area contributed by atoms with Crippen molar-refractivity contribution in [3.05, 3.63) is 58.1 Å². The fourth-order valence-electron chi connectivity index (χ4n) is 3.86. The second-order valence-corrected chi connectivity index (χ2v) is 11.8. The van der Waals surface area contributed by atoms with Crippen LogP contribution in [0.2, 0.25) is 5.02 Å². The highest BCUT2D eigenvalue weighted by molar-refractivity contribution is 7.92. The topological polar surface area (TPSA) is 173 Å². The summed E-state index contributed by atoms with van der Waals surface area (Å²) < 4.78 is 62.5. The molecule has 2 aromatic carbocycles. The maximum Gasteiger partial charge on any atom is 0.390 e. The lowest BCUT2D eigenvalue weighted by Crippen LogP contribution is -2.39. The zero-order chi connectivity index (χ0) is 30.3. The molecule has 0 amide bonds. The third-order valence-electron chi connectivity index (χ3n) is 6.06. The SMILES string of the molecule is CC(CC(F)(F)F)S(=O)(=O)c1ccc(CNc2c(Cl)ccc3c2CCNCC3)cc1.O=C(O)[C@H](O)[C@@H](O)C(=O)O. The molecule has 1 aliphatic rings. The molecule has 1 heterocycles. The van der Waals surface area contributed by atoms with Gasteiger partial charge in [-0.05, 0) is 67.7 Å². The summed E-state index contributed by atoms with van der Waals surface area (Å²) in [6, 6.07) is 9.84. The first-order valence-electron chi connectivity index (χ1n) is 12.0. The minimum absolute atomic E-state index is 0.110. The third kappa shape index (κ3) is 9.34. The van der Waals surface area contributed by atoms with Gasteiger partial charge in [0.15, 0.2) is 22.0 Å². The summed E-state index contributed by atoms with van der Waals surface area (Å²) in [7, 11) is -4.05. The van der Waals surface area contributed by atoms with E-state index in [1.165, 1.54) is 23.3 Å². The standard InChI is InChI=1S/C21H24ClF3N2O2S.C4H6O6/c1-14(12-21(23,24)25)30(28,29)17-5-2-15(3-6-17)13-27-20-18-9-11-26-10-8-16(18)4-7-19(20)22;5-1(3(7)8)2(6)4(9)10/h2-7,14,26-27H,8-13H2,1H3;1-2,5-6H,(H,7,8)(H,9,10)/t;1-,2-/m.1/s1. The highest BCUT2D eigenvalue weighted by Gasteiger charge is 2.36. The number of hydrogen-bond donors (Lipinski definition) is 6. The fourth-order valence-corrected chi connectivity index (χ4v) is 5.49. The number of halogens is 4. The average molecular weight is 611 g/mol. The van der Waals surface area contributed by atoms with Gasteiger partial charge < -0.3 is 31.1 Å². The predicted octanol–water partition coefficient (Wildman–Crippen LogP) is 2.63. The van der Waals surface area contributed by atoms with Crippen molar-refractivity contribution in [3.63, 3.8) is 0 Å². The Morgan fingerprint density at radius 3 is 2.08 bits per heavy atom. The summed E-state index contributed by atoms with van der Waals surface area (Å²) in [6.07, 6.45) is -8.66. The van der Waals surface area contributed by atoms with Gasteiger partial charge in [-0.15, -0.1) is 0 Å². The molecule has 1 aliphatic heterocycles. The zero-order valence-corrected chi connectivity index (χ0v) is 22.9. The van der Waals surface area contributed by atoms with Gasteiger partial charge in [0.25, 0.3) is 0 Å². The van der Waals surface area contributed by atoms with Crippen molar-refractivity contribution >= 4 is 39.1 Å². The van der Waals surface area contributed by atoms with Crippen LogP contribution in [0.5, 0.6) is 0 Å². The molecule has 2 aromatic rings. The van der Waals surface area contributed by atoms with Gasteiger partial charge in [0.05, 0.1) is 27.3 Å². The van der Waals surface area contributed by atoms with Crippen LogP contribution in [0.3, 0.4) is 0 Å². The van der Waals surface area contributed by atoms with Crippen molar-refractivity contribution in [2.24, 2.45) is 0 Å². The lowest BCUT2D eigenvalue weighted by molar-refractivity contribution is -0.165. The first-order valence-corrected chi connectivity index (χ1v) is 13.9. The van der Waals surface area contributed by atoms with Gasteiger partial charge in [-0.3, -0.25) is 0 Å². The number of sulfone groups is 1. The Morgan fingerprint density at radius 1 is 1.00 bits per heavy atom. The lowest BCUT2D eigenvalue weighted by atomic mass is 10.0. The van der Waals surface area contributed by atoms with Gasteiger partial charge in [-0.1, -0.05) is 29.8 Å². The molecule has 10 nitrogen and oxygen atoms in total. The van der Waals surface area contributed by atoms with E-state index in [1.807, 2.05) is 12.1 Å². The van der Waals surface area contributed by atoms with E-state index in [0.717, 1.165) is 44.1 Å². The summed E-state index contributed by atoms with van der Waals surface area (Å²) in [5, 5.41) is 38.3. The Balaban J connectivity index is 0.000000478. The number of fused-ring (bicyclic) bond motifs is 1. The normalized spacial score (nSPS) is 15.9. The van der Waals surface area contributed by atoms with E-state index in [-0.39, 0.29) is 4.90 Å². The molecule has 0 saturated heterocycles. The molecule has 0 aromatic heterocycles. The van der Waals surface area contributed by atoms with E-state index in [0.29, 0.717) is 11.6 Å². The van der Waals surface area contributed by atoms with Crippen LogP contribution in [0.1, 0.15) is 30.0 Å². The molecule has 3 rings (SSSR count). The quantitative estimate of drug-likeness (QED) is 0.248. The fraction of sp³-hybridized carbons (Fsp3) is 0.440. The number of aliphatic hydroxyl groups is 2. The van der Waals surface area contributed by atoms with E-state index in [1.54, 1.807) is 12.1 Å². The van der Waals surface area contributed by atoms with Crippen LogP contribution in [-0.2, 0) is 38.8 Å². The van der Waals surface area contributed by atoms with Crippen molar-refractivity contribution in [1.29, 1.82) is 0 Å². The molecule has 0 aliphatic carbocycles. The Hall–Kier alpha value is -2.91. The molecule has 0 radical (unpaired) electrons. The van der Waals surface area contributed by atoms with Crippen LogP contribution in [0.25, 0.3) is 0 Å². The summed E-state index contributed by atoms with van der Waals surface area (Å²) in [6.45, 7) is 3.28. The van der Waals surface area contributed by atoms with Crippen LogP contribution in [0.15, 0.2) is 41.3 Å². The Bertz CT molecular complexity index is 1270. The molecule has 0 fully saturated rings. The van der Waals surface area contributed by atoms with Gasteiger partial charge in [0, 0.05) is 6.54 Å². The van der Waals surface area contributed by atoms with Gasteiger partial charge in [0.1, 0.15) is 0 Å². The van der Waals surface area contributed by atoms with Crippen LogP contribution in [0.4, 0.5) is 18.9 Å². The minimum Gasteiger partial charge on any atom is -0.479 e. The average Bonchev–Trinajstić information content (AvgIpc) is 3.12. The number of benzene rings is 2. The van der Waals surface area contributed by atoms with E-state index >= 15 is 0 Å². The molecule has 0 spiro atoms. The maximum absolute atomic E-state index is 12.6. The molecule has 6 N–H and O–H groups in total. The number of nitrogens with one attached hydrogen (secondary N) is 2. The Kier molecular flexibility index (Phi) is 11.8. The number of hydrogen-bond acceptors (Lipinski definition) is 8. The number of aliphatic carboxylic acids is 2. The third-order valence-corrected chi connectivity index (χ3v) is 8.53. The van der Waals surface area contributed by atoms with Crippen molar-refractivity contribution in [1.82, 2.24) is 5.32 Å². The van der Waals surface area contributed by atoms with Gasteiger partial charge in [-0.2, -0.15) is 13.2 Å². The number of carboxylic acid groups (broad SMARTS) is 2. The number of rotatable bonds is 9. The molecule has 0 bridgehead atoms. The number of carbonyl (C=O) groups is 2. The second kappa shape index (κ2) is 14.1. The van der Waals surface area contributed by atoms with Gasteiger partial charge in [-0.25, -0.2) is 18.0 Å². The smallest absolute Gasteiger partial charge is 0.390 e. The Morgan fingerprint density at radius 2 is 1.55 bits per heavy atom. The second-order valence-electron chi connectivity index (χ2n) is 9.05. The summed E-state index contributed by atoms with van der Waals surface area (Å²) in [5.41, 5.74) is 4.09. The molecule has 40 heavy (non-hydrogen) atoms. The number of aliphatic hydroxyl groups excluding tert-OH is 2. The van der Waals surface area contributed by atoms with Crippen molar-refractivity contribution in [3.8, 4) is 0 Å². The molecule has 3 atom stereocenters. The van der Waals surface area contributed by atoms with Gasteiger partial charge in [0.2, 0.25) is 0 Å². The minimum atomic E-state index is -4.53. The highest BCUT2D eigenvalue weighted by Crippen LogP contribution is 2.32. The van der Waals surface area contributed by atoms with Crippen molar-refractivity contribution in [2.75, 3.05) is 18.4 Å². The zero-order valence-electron chi connectivity index (χ0n) is 21.3. The summed E-state index contributed by atoms with van der Waals surface area (Å²) in [5.74, 6) is -3.54. The Labute approximate surface area is 233 Å². The molecular formula is C25H30ClF3N2O8S. The van der Waals surface area contributed by atoms with Crippen LogP contribution < -0.4 is 10.6 Å². The van der Waals surface area contributed by atoms with Crippen LogP contribution >= 0.6 is 11.6 Å². The van der Waals surface area contributed by atoms with Crippen LogP contribution in [-0.4, -0.2) is 77.5 Å². The lowest BCUT2D eigenvalue weighted by Gasteiger charge is -2.17. The van der Waals surface area contributed by atoms with Crippen molar-refractivity contribution in [2.45, 2.75) is 61.3 Å². The predicted molar refractivity (Wildman–Crippen MR) is 140 cm³/mol. The van der Waals surface area contributed by atoms with E-state index in [9.17, 15) is 31.2 Å². The van der Waals surface area contributed by atoms with E-state index in [4.69, 9.17) is 32.0 Å². The van der Waals surface area contributed by atoms with E-state index < -0.39 is 51.8 Å². The molecule has 0 saturated carbocycles. The first kappa shape index (κ1) is 33.3. The summed E-state index contributed by atoms with van der Waals surface area (Å²) in [4.78, 5) is 19.4. The molecular weight excluding hydrogens is 581 g/mol. The summed E-state index contributed by atoms with van der Waals surface area (Å²) >= 11 is 6.40.